The molecular weight excluding hydrogens is 430 g/mol. The van der Waals surface area contributed by atoms with Crippen LogP contribution in [0.15, 0.2) is 36.4 Å². The van der Waals surface area contributed by atoms with Gasteiger partial charge in [0.05, 0.1) is 15.7 Å². The number of rotatable bonds is 6. The van der Waals surface area contributed by atoms with Crippen molar-refractivity contribution in [1.29, 1.82) is 0 Å². The highest BCUT2D eigenvalue weighted by Crippen LogP contribution is 2.68. The van der Waals surface area contributed by atoms with Gasteiger partial charge in [0.1, 0.15) is 11.6 Å². The lowest BCUT2D eigenvalue weighted by Crippen LogP contribution is -2.77. The fraction of sp³-hybridized carbons (Fsp3) is 0.273. The fourth-order valence-corrected chi connectivity index (χ4v) is 4.94. The molecule has 3 aliphatic rings. The minimum atomic E-state index is -0.603. The van der Waals surface area contributed by atoms with Crippen molar-refractivity contribution in [1.82, 2.24) is 5.32 Å². The van der Waals surface area contributed by atoms with Crippen LogP contribution in [0.2, 0.25) is 10.0 Å². The summed E-state index contributed by atoms with van der Waals surface area (Å²) in [5, 5.41) is 6.05. The molecule has 2 aromatic carbocycles. The van der Waals surface area contributed by atoms with Gasteiger partial charge < -0.3 is 15.4 Å². The van der Waals surface area contributed by atoms with Gasteiger partial charge in [-0.1, -0.05) is 35.3 Å². The van der Waals surface area contributed by atoms with Gasteiger partial charge >= 0.3 is 0 Å². The molecule has 0 unspecified atom stereocenters. The summed E-state index contributed by atoms with van der Waals surface area (Å²) in [6.45, 7) is -0.218. The number of carbonyl (C=O) groups is 2. The van der Waals surface area contributed by atoms with Crippen molar-refractivity contribution >= 4 is 40.7 Å². The van der Waals surface area contributed by atoms with E-state index in [9.17, 15) is 14.0 Å². The second-order valence-electron chi connectivity index (χ2n) is 7.77. The first-order valence-electron chi connectivity index (χ1n) is 9.21. The molecule has 2 bridgehead atoms. The maximum absolute atomic E-state index is 13.4. The highest BCUT2D eigenvalue weighted by atomic mass is 35.5. The third-order valence-corrected chi connectivity index (χ3v) is 6.36. The molecule has 0 aromatic heterocycles. The van der Waals surface area contributed by atoms with Gasteiger partial charge in [0, 0.05) is 17.0 Å². The van der Waals surface area contributed by atoms with Gasteiger partial charge in [-0.15, -0.1) is 6.42 Å². The molecular formula is C22H17Cl2FN2O3. The number of terminal acetylenes is 1. The zero-order valence-electron chi connectivity index (χ0n) is 15.7. The van der Waals surface area contributed by atoms with Crippen molar-refractivity contribution in [2.45, 2.75) is 30.2 Å². The number of carbonyl (C=O) groups excluding carboxylic acids is 2. The molecule has 0 spiro atoms. The van der Waals surface area contributed by atoms with E-state index >= 15 is 0 Å². The topological polar surface area (TPSA) is 67.4 Å². The molecule has 3 aliphatic carbocycles. The summed E-state index contributed by atoms with van der Waals surface area (Å²) in [5.41, 5.74) is 1.00. The number of anilines is 1. The Hall–Kier alpha value is -2.75. The Bertz CT molecular complexity index is 1080. The molecule has 154 valence electrons. The van der Waals surface area contributed by atoms with Crippen LogP contribution in [-0.4, -0.2) is 24.0 Å². The number of hydrogen-bond donors (Lipinski definition) is 2. The van der Waals surface area contributed by atoms with Crippen LogP contribution in [0.25, 0.3) is 0 Å². The summed E-state index contributed by atoms with van der Waals surface area (Å²) in [6.07, 6.45) is 7.33. The quantitative estimate of drug-likeness (QED) is 0.657. The molecule has 0 aliphatic heterocycles. The van der Waals surface area contributed by atoms with Crippen LogP contribution in [0.1, 0.15) is 24.8 Å². The van der Waals surface area contributed by atoms with Crippen molar-refractivity contribution in [3.63, 3.8) is 0 Å². The van der Waals surface area contributed by atoms with E-state index in [1.54, 1.807) is 6.07 Å². The SMILES string of the molecule is C#CC(=O)Nc1cccc(C23CC(NC(=O)COc4ccc(Cl)c(F)c4)(C2)C3)c1Cl. The summed E-state index contributed by atoms with van der Waals surface area (Å²) >= 11 is 12.1. The zero-order chi connectivity index (χ0) is 21.5. The summed E-state index contributed by atoms with van der Waals surface area (Å²) in [7, 11) is 0. The average molecular weight is 447 g/mol. The molecule has 0 heterocycles. The maximum atomic E-state index is 13.4. The smallest absolute Gasteiger partial charge is 0.300 e. The number of ether oxygens (including phenoxy) is 1. The Morgan fingerprint density at radius 2 is 1.93 bits per heavy atom. The van der Waals surface area contributed by atoms with Crippen LogP contribution in [0.4, 0.5) is 10.1 Å². The Balaban J connectivity index is 1.34. The van der Waals surface area contributed by atoms with Crippen molar-refractivity contribution < 1.29 is 18.7 Å². The minimum absolute atomic E-state index is 0.00690. The summed E-state index contributed by atoms with van der Waals surface area (Å²) in [5.74, 6) is 0.793. The molecule has 5 rings (SSSR count). The van der Waals surface area contributed by atoms with Crippen LogP contribution in [0, 0.1) is 18.2 Å². The molecule has 0 saturated heterocycles. The summed E-state index contributed by atoms with van der Waals surface area (Å²) < 4.78 is 18.8. The first-order chi connectivity index (χ1) is 14.3. The van der Waals surface area contributed by atoms with Gasteiger partial charge in [0.25, 0.3) is 11.8 Å². The number of hydrogen-bond acceptors (Lipinski definition) is 3. The Kier molecular flexibility index (Phi) is 5.13. The van der Waals surface area contributed by atoms with Crippen molar-refractivity contribution in [2.75, 3.05) is 11.9 Å². The van der Waals surface area contributed by atoms with E-state index in [-0.39, 0.29) is 34.2 Å². The third-order valence-electron chi connectivity index (χ3n) is 5.65. The van der Waals surface area contributed by atoms with Gasteiger partial charge in [-0.05, 0) is 48.9 Å². The van der Waals surface area contributed by atoms with Gasteiger partial charge in [0.2, 0.25) is 0 Å². The van der Waals surface area contributed by atoms with E-state index in [4.69, 9.17) is 34.4 Å². The van der Waals surface area contributed by atoms with Crippen LogP contribution in [-0.2, 0) is 15.0 Å². The Morgan fingerprint density at radius 1 is 1.20 bits per heavy atom. The lowest BCUT2D eigenvalue weighted by atomic mass is 9.37. The fourth-order valence-electron chi connectivity index (χ4n) is 4.45. The number of halogens is 3. The standard InChI is InChI=1S/C22H17Cl2FN2O3/c1-2-18(28)26-17-5-3-4-14(20(17)24)21-10-22(11-21,12-21)27-19(29)9-30-13-6-7-15(23)16(25)8-13/h1,3-8H,9-12H2,(H,26,28)(H,27,29). The van der Waals surface area contributed by atoms with E-state index in [2.05, 4.69) is 10.6 Å². The van der Waals surface area contributed by atoms with Gasteiger partial charge in [-0.3, -0.25) is 9.59 Å². The molecule has 5 nitrogen and oxygen atoms in total. The summed E-state index contributed by atoms with van der Waals surface area (Å²) in [6, 6.07) is 9.46. The van der Waals surface area contributed by atoms with Crippen LogP contribution < -0.4 is 15.4 Å². The van der Waals surface area contributed by atoms with Crippen molar-refractivity contribution in [3.05, 3.63) is 57.8 Å². The maximum Gasteiger partial charge on any atom is 0.300 e. The van der Waals surface area contributed by atoms with E-state index in [1.165, 1.54) is 12.1 Å². The van der Waals surface area contributed by atoms with Crippen LogP contribution in [0.3, 0.4) is 0 Å². The van der Waals surface area contributed by atoms with Gasteiger partial charge in [-0.25, -0.2) is 4.39 Å². The largest absolute Gasteiger partial charge is 0.484 e. The monoisotopic (exact) mass is 446 g/mol. The van der Waals surface area contributed by atoms with Crippen molar-refractivity contribution in [3.8, 4) is 18.1 Å². The molecule has 2 amide bonds. The molecule has 2 aromatic rings. The van der Waals surface area contributed by atoms with Crippen molar-refractivity contribution in [2.24, 2.45) is 0 Å². The molecule has 30 heavy (non-hydrogen) atoms. The lowest BCUT2D eigenvalue weighted by Gasteiger charge is -2.71. The predicted octanol–water partition coefficient (Wildman–Crippen LogP) is 4.07. The highest BCUT2D eigenvalue weighted by Gasteiger charge is 2.69. The van der Waals surface area contributed by atoms with E-state index in [1.807, 2.05) is 18.1 Å². The third kappa shape index (κ3) is 3.60. The minimum Gasteiger partial charge on any atom is -0.484 e. The molecule has 0 radical (unpaired) electrons. The zero-order valence-corrected chi connectivity index (χ0v) is 17.2. The highest BCUT2D eigenvalue weighted by molar-refractivity contribution is 6.35. The molecule has 3 fully saturated rings. The Labute approximate surface area is 182 Å². The number of nitrogens with one attached hydrogen (secondary N) is 2. The first-order valence-corrected chi connectivity index (χ1v) is 9.97. The molecule has 3 saturated carbocycles. The van der Waals surface area contributed by atoms with Gasteiger partial charge in [-0.2, -0.15) is 0 Å². The van der Waals surface area contributed by atoms with E-state index in [0.717, 1.165) is 30.9 Å². The normalized spacial score (nSPS) is 23.4. The first kappa shape index (κ1) is 20.5. The van der Waals surface area contributed by atoms with Crippen LogP contribution >= 0.6 is 23.2 Å². The Morgan fingerprint density at radius 3 is 2.60 bits per heavy atom. The number of benzene rings is 2. The lowest BCUT2D eigenvalue weighted by molar-refractivity contribution is -0.140. The average Bonchev–Trinajstić information content (AvgIpc) is 2.66. The van der Waals surface area contributed by atoms with E-state index in [0.29, 0.717) is 10.7 Å². The molecule has 8 heteroatoms. The number of amides is 2. The van der Waals surface area contributed by atoms with E-state index < -0.39 is 11.7 Å². The molecule has 2 N–H and O–H groups in total. The molecule has 0 atom stereocenters. The second kappa shape index (κ2) is 7.50. The predicted molar refractivity (Wildman–Crippen MR) is 112 cm³/mol. The van der Waals surface area contributed by atoms with Gasteiger partial charge in [0.15, 0.2) is 6.61 Å². The second-order valence-corrected chi connectivity index (χ2v) is 8.55. The summed E-state index contributed by atoms with van der Waals surface area (Å²) in [4.78, 5) is 23.7. The van der Waals surface area contributed by atoms with Crippen LogP contribution in [0.5, 0.6) is 5.75 Å².